The third kappa shape index (κ3) is 2.67. The average molecular weight is 280 g/mol. The smallest absolute Gasteiger partial charge is 0.359 e. The van der Waals surface area contributed by atoms with Gasteiger partial charge < -0.3 is 4.74 Å². The first kappa shape index (κ1) is 13.1. The van der Waals surface area contributed by atoms with E-state index in [1.165, 1.54) is 0 Å². The van der Waals surface area contributed by atoms with Crippen LogP contribution in [0, 0.1) is 0 Å². The van der Waals surface area contributed by atoms with Gasteiger partial charge in [-0.15, -0.1) is 0 Å². The van der Waals surface area contributed by atoms with Crippen molar-refractivity contribution in [3.05, 3.63) is 76.2 Å². The van der Waals surface area contributed by atoms with Crippen molar-refractivity contribution < 1.29 is 9.53 Å². The van der Waals surface area contributed by atoms with Crippen LogP contribution in [0.4, 0.5) is 0 Å². The Morgan fingerprint density at radius 1 is 1.00 bits per heavy atom. The zero-order valence-corrected chi connectivity index (χ0v) is 11.1. The molecule has 0 bridgehead atoms. The molecule has 104 valence electrons. The van der Waals surface area contributed by atoms with Crippen LogP contribution < -0.4 is 5.56 Å². The molecule has 1 aromatic heterocycles. The van der Waals surface area contributed by atoms with Crippen LogP contribution in [0.15, 0.2) is 59.4 Å². The van der Waals surface area contributed by atoms with Crippen LogP contribution in [0.3, 0.4) is 0 Å². The van der Waals surface area contributed by atoms with Crippen molar-refractivity contribution >= 4 is 16.7 Å². The Labute approximate surface area is 120 Å². The molecule has 1 N–H and O–H groups in total. The van der Waals surface area contributed by atoms with E-state index in [1.807, 2.05) is 30.3 Å². The van der Waals surface area contributed by atoms with Gasteiger partial charge in [0.2, 0.25) is 0 Å². The Morgan fingerprint density at radius 3 is 2.43 bits per heavy atom. The molecule has 0 saturated carbocycles. The number of aromatic nitrogens is 2. The lowest BCUT2D eigenvalue weighted by molar-refractivity contribution is 0.0467. The molecule has 0 saturated heterocycles. The molecule has 0 atom stereocenters. The van der Waals surface area contributed by atoms with E-state index in [-0.39, 0.29) is 17.9 Å². The molecule has 0 amide bonds. The molecule has 3 rings (SSSR count). The zero-order chi connectivity index (χ0) is 14.7. The number of rotatable bonds is 3. The van der Waals surface area contributed by atoms with E-state index < -0.39 is 5.97 Å². The Bertz CT molecular complexity index is 841. The van der Waals surface area contributed by atoms with E-state index >= 15 is 0 Å². The van der Waals surface area contributed by atoms with E-state index in [2.05, 4.69) is 10.2 Å². The first-order valence-corrected chi connectivity index (χ1v) is 6.44. The summed E-state index contributed by atoms with van der Waals surface area (Å²) in [5.74, 6) is -0.564. The summed E-state index contributed by atoms with van der Waals surface area (Å²) in [5, 5.41) is 7.02. The summed E-state index contributed by atoms with van der Waals surface area (Å²) in [6.45, 7) is 0.162. The largest absolute Gasteiger partial charge is 0.456 e. The fourth-order valence-corrected chi connectivity index (χ4v) is 2.06. The number of esters is 1. The van der Waals surface area contributed by atoms with Gasteiger partial charge in [-0.1, -0.05) is 48.5 Å². The molecular formula is C16H12N2O3. The van der Waals surface area contributed by atoms with Crippen molar-refractivity contribution in [1.29, 1.82) is 0 Å². The molecule has 3 aromatic rings. The third-order valence-corrected chi connectivity index (χ3v) is 3.10. The lowest BCUT2D eigenvalue weighted by Gasteiger charge is -2.06. The number of hydrogen-bond acceptors (Lipinski definition) is 4. The Kier molecular flexibility index (Phi) is 3.47. The summed E-state index contributed by atoms with van der Waals surface area (Å²) in [6.07, 6.45) is 0. The summed E-state index contributed by atoms with van der Waals surface area (Å²) in [5.41, 5.74) is 0.672. The summed E-state index contributed by atoms with van der Waals surface area (Å²) < 4.78 is 5.24. The summed E-state index contributed by atoms with van der Waals surface area (Å²) in [7, 11) is 0. The van der Waals surface area contributed by atoms with E-state index in [0.717, 1.165) is 5.56 Å². The molecule has 0 spiro atoms. The summed E-state index contributed by atoms with van der Waals surface area (Å²) in [6, 6.07) is 16.2. The van der Waals surface area contributed by atoms with Gasteiger partial charge >= 0.3 is 5.97 Å². The number of fused-ring (bicyclic) bond motifs is 1. The molecule has 21 heavy (non-hydrogen) atoms. The van der Waals surface area contributed by atoms with Crippen LogP contribution in [0.5, 0.6) is 0 Å². The monoisotopic (exact) mass is 280 g/mol. The van der Waals surface area contributed by atoms with Crippen molar-refractivity contribution in [2.45, 2.75) is 6.61 Å². The Balaban J connectivity index is 1.89. The van der Waals surface area contributed by atoms with Crippen LogP contribution >= 0.6 is 0 Å². The maximum Gasteiger partial charge on any atom is 0.359 e. The van der Waals surface area contributed by atoms with Crippen molar-refractivity contribution in [3.63, 3.8) is 0 Å². The third-order valence-electron chi connectivity index (χ3n) is 3.10. The summed E-state index contributed by atoms with van der Waals surface area (Å²) >= 11 is 0. The average Bonchev–Trinajstić information content (AvgIpc) is 2.54. The van der Waals surface area contributed by atoms with Gasteiger partial charge in [0, 0.05) is 5.39 Å². The lowest BCUT2D eigenvalue weighted by Crippen LogP contribution is -2.16. The molecule has 5 nitrogen and oxygen atoms in total. The van der Waals surface area contributed by atoms with Gasteiger partial charge in [-0.25, -0.2) is 9.89 Å². The van der Waals surface area contributed by atoms with Crippen molar-refractivity contribution in [1.82, 2.24) is 10.2 Å². The first-order valence-electron chi connectivity index (χ1n) is 6.44. The molecule has 2 aromatic carbocycles. The second-order valence-electron chi connectivity index (χ2n) is 4.51. The highest BCUT2D eigenvalue weighted by Crippen LogP contribution is 2.14. The van der Waals surface area contributed by atoms with Gasteiger partial charge in [-0.3, -0.25) is 4.79 Å². The number of nitrogens with one attached hydrogen (secondary N) is 1. The fraction of sp³-hybridized carbons (Fsp3) is 0.0625. The lowest BCUT2D eigenvalue weighted by atomic mass is 10.1. The molecule has 1 heterocycles. The second kappa shape index (κ2) is 5.58. The molecule has 0 unspecified atom stereocenters. The maximum absolute atomic E-state index is 12.1. The molecule has 0 radical (unpaired) electrons. The van der Waals surface area contributed by atoms with E-state index in [9.17, 15) is 9.59 Å². The predicted molar refractivity (Wildman–Crippen MR) is 77.9 cm³/mol. The van der Waals surface area contributed by atoms with Crippen LogP contribution in [-0.4, -0.2) is 16.2 Å². The number of ether oxygens (including phenoxy) is 1. The van der Waals surface area contributed by atoms with Crippen molar-refractivity contribution in [2.75, 3.05) is 0 Å². The van der Waals surface area contributed by atoms with Crippen LogP contribution in [0.2, 0.25) is 0 Å². The maximum atomic E-state index is 12.1. The number of benzene rings is 2. The molecule has 0 aliphatic carbocycles. The highest BCUT2D eigenvalue weighted by Gasteiger charge is 2.15. The topological polar surface area (TPSA) is 72.0 Å². The number of nitrogens with zero attached hydrogens (tertiary/aromatic N) is 1. The number of carbonyl (C=O) groups excluding carboxylic acids is 1. The quantitative estimate of drug-likeness (QED) is 0.747. The van der Waals surface area contributed by atoms with Gasteiger partial charge in [-0.05, 0) is 11.6 Å². The minimum Gasteiger partial charge on any atom is -0.456 e. The van der Waals surface area contributed by atoms with Crippen molar-refractivity contribution in [2.24, 2.45) is 0 Å². The Morgan fingerprint density at radius 2 is 1.67 bits per heavy atom. The summed E-state index contributed by atoms with van der Waals surface area (Å²) in [4.78, 5) is 23.8. The number of hydrogen-bond donors (Lipinski definition) is 1. The number of H-pyrrole nitrogens is 1. The standard InChI is InChI=1S/C16H12N2O3/c19-15-13-9-5-4-8-12(13)14(17-18-15)16(20)21-10-11-6-2-1-3-7-11/h1-9H,10H2,(H,18,19). The molecule has 0 aliphatic heterocycles. The van der Waals surface area contributed by atoms with Gasteiger partial charge in [0.25, 0.3) is 5.56 Å². The van der Waals surface area contributed by atoms with E-state index in [0.29, 0.717) is 10.8 Å². The van der Waals surface area contributed by atoms with Gasteiger partial charge in [-0.2, -0.15) is 5.10 Å². The highest BCUT2D eigenvalue weighted by atomic mass is 16.5. The zero-order valence-electron chi connectivity index (χ0n) is 11.1. The second-order valence-corrected chi connectivity index (χ2v) is 4.51. The van der Waals surface area contributed by atoms with Crippen LogP contribution in [0.25, 0.3) is 10.8 Å². The van der Waals surface area contributed by atoms with Gasteiger partial charge in [0.1, 0.15) is 6.61 Å². The minimum atomic E-state index is -0.564. The fourth-order valence-electron chi connectivity index (χ4n) is 2.06. The SMILES string of the molecule is O=C(OCc1ccccc1)c1n[nH]c(=O)c2ccccc12. The van der Waals surface area contributed by atoms with Crippen molar-refractivity contribution in [3.8, 4) is 0 Å². The number of carbonyl (C=O) groups is 1. The van der Waals surface area contributed by atoms with Crippen LogP contribution in [-0.2, 0) is 11.3 Å². The predicted octanol–water partition coefficient (Wildman–Crippen LogP) is 2.28. The molecule has 5 heteroatoms. The highest BCUT2D eigenvalue weighted by molar-refractivity contribution is 6.01. The van der Waals surface area contributed by atoms with Gasteiger partial charge in [0.15, 0.2) is 5.69 Å². The molecule has 0 fully saturated rings. The van der Waals surface area contributed by atoms with E-state index in [1.54, 1.807) is 24.3 Å². The Hall–Kier alpha value is -2.95. The minimum absolute atomic E-state index is 0.112. The van der Waals surface area contributed by atoms with Crippen LogP contribution in [0.1, 0.15) is 16.1 Å². The number of aromatic amines is 1. The molecule has 0 aliphatic rings. The molecular weight excluding hydrogens is 268 g/mol. The normalized spacial score (nSPS) is 10.5. The van der Waals surface area contributed by atoms with Gasteiger partial charge in [0.05, 0.1) is 5.39 Å². The van der Waals surface area contributed by atoms with E-state index in [4.69, 9.17) is 4.74 Å². The first-order chi connectivity index (χ1) is 10.3.